The maximum Gasteiger partial charge on any atom is 0.314 e. The van der Waals surface area contributed by atoms with E-state index in [1.54, 1.807) is 19.2 Å². The third kappa shape index (κ3) is 4.39. The summed E-state index contributed by atoms with van der Waals surface area (Å²) in [6, 6.07) is 22.2. The SMILES string of the molecule is CN(Cc1ccc(N=C(c2ccccc2)c2c(O)[nH]c3cc(Cl)ccc23)cc1)C(N)=O. The number of aromatic amines is 1. The molecule has 0 saturated carbocycles. The van der Waals surface area contributed by atoms with Crippen LogP contribution in [0, 0.1) is 0 Å². The number of hydrogen-bond acceptors (Lipinski definition) is 3. The smallest absolute Gasteiger partial charge is 0.314 e. The van der Waals surface area contributed by atoms with Crippen molar-refractivity contribution < 1.29 is 9.90 Å². The number of H-pyrrole nitrogens is 1. The molecule has 1 heterocycles. The lowest BCUT2D eigenvalue weighted by molar-refractivity contribution is 0.216. The molecule has 0 fully saturated rings. The summed E-state index contributed by atoms with van der Waals surface area (Å²) < 4.78 is 0. The molecule has 1 aromatic heterocycles. The van der Waals surface area contributed by atoms with Gasteiger partial charge in [-0.1, -0.05) is 60.1 Å². The number of nitrogens with zero attached hydrogens (tertiary/aromatic N) is 2. The molecule has 0 atom stereocenters. The van der Waals surface area contributed by atoms with E-state index in [-0.39, 0.29) is 5.88 Å². The van der Waals surface area contributed by atoms with E-state index in [2.05, 4.69) is 4.98 Å². The fraction of sp³-hybridized carbons (Fsp3) is 0.0833. The van der Waals surface area contributed by atoms with Crippen LogP contribution >= 0.6 is 11.6 Å². The zero-order valence-corrected chi connectivity index (χ0v) is 17.6. The zero-order valence-electron chi connectivity index (χ0n) is 16.8. The van der Waals surface area contributed by atoms with Gasteiger partial charge in [-0.15, -0.1) is 0 Å². The Kier molecular flexibility index (Phi) is 5.64. The molecule has 2 amide bonds. The molecular formula is C24H21ClN4O2. The van der Waals surface area contributed by atoms with Gasteiger partial charge in [-0.3, -0.25) is 0 Å². The van der Waals surface area contributed by atoms with Gasteiger partial charge >= 0.3 is 6.03 Å². The largest absolute Gasteiger partial charge is 0.494 e. The van der Waals surface area contributed by atoms with E-state index in [0.717, 1.165) is 22.0 Å². The molecule has 4 aromatic rings. The molecule has 0 aliphatic heterocycles. The molecule has 4 N–H and O–H groups in total. The van der Waals surface area contributed by atoms with Crippen molar-refractivity contribution in [3.05, 3.63) is 94.5 Å². The Balaban J connectivity index is 1.80. The molecule has 3 aromatic carbocycles. The van der Waals surface area contributed by atoms with Gasteiger partial charge in [0.15, 0.2) is 5.88 Å². The van der Waals surface area contributed by atoms with Crippen LogP contribution in [0.2, 0.25) is 5.02 Å². The van der Waals surface area contributed by atoms with Crippen LogP contribution in [-0.4, -0.2) is 33.8 Å². The lowest BCUT2D eigenvalue weighted by atomic mass is 10.0. The van der Waals surface area contributed by atoms with E-state index in [4.69, 9.17) is 22.3 Å². The van der Waals surface area contributed by atoms with Crippen LogP contribution in [0.1, 0.15) is 16.7 Å². The molecule has 6 nitrogen and oxygen atoms in total. The summed E-state index contributed by atoms with van der Waals surface area (Å²) >= 11 is 6.11. The van der Waals surface area contributed by atoms with Crippen molar-refractivity contribution in [2.24, 2.45) is 10.7 Å². The molecule has 7 heteroatoms. The molecule has 0 saturated heterocycles. The van der Waals surface area contributed by atoms with Crippen LogP contribution in [0.15, 0.2) is 77.8 Å². The van der Waals surface area contributed by atoms with Gasteiger partial charge in [0.1, 0.15) is 0 Å². The Labute approximate surface area is 184 Å². The highest BCUT2D eigenvalue weighted by molar-refractivity contribution is 6.31. The summed E-state index contributed by atoms with van der Waals surface area (Å²) in [4.78, 5) is 20.5. The Hall–Kier alpha value is -3.77. The van der Waals surface area contributed by atoms with Crippen molar-refractivity contribution in [1.29, 1.82) is 0 Å². The molecule has 0 unspecified atom stereocenters. The number of rotatable bonds is 5. The van der Waals surface area contributed by atoms with E-state index in [9.17, 15) is 9.90 Å². The lowest BCUT2D eigenvalue weighted by Gasteiger charge is -2.14. The number of aromatic nitrogens is 1. The Morgan fingerprint density at radius 3 is 2.48 bits per heavy atom. The Bertz CT molecular complexity index is 1260. The Morgan fingerprint density at radius 1 is 1.10 bits per heavy atom. The van der Waals surface area contributed by atoms with Crippen molar-refractivity contribution in [3.8, 4) is 5.88 Å². The number of primary amides is 1. The summed E-state index contributed by atoms with van der Waals surface area (Å²) in [7, 11) is 1.65. The summed E-state index contributed by atoms with van der Waals surface area (Å²) in [5.41, 5.74) is 9.79. The predicted molar refractivity (Wildman–Crippen MR) is 124 cm³/mol. The minimum Gasteiger partial charge on any atom is -0.494 e. The maximum atomic E-state index is 11.3. The standard InChI is InChI=1S/C24H21ClN4O2/c1-29(24(26)31)14-15-7-10-18(11-8-15)27-22(16-5-3-2-4-6-16)21-19-12-9-17(25)13-20(19)28-23(21)30/h2-13,28,30H,14H2,1H3,(H2,26,31). The number of nitrogens with two attached hydrogens (primary N) is 1. The average Bonchev–Trinajstić information content (AvgIpc) is 3.08. The van der Waals surface area contributed by atoms with Crippen LogP contribution in [0.4, 0.5) is 10.5 Å². The van der Waals surface area contributed by atoms with E-state index in [0.29, 0.717) is 28.5 Å². The maximum absolute atomic E-state index is 11.3. The van der Waals surface area contributed by atoms with Gasteiger partial charge < -0.3 is 20.7 Å². The van der Waals surface area contributed by atoms with Gasteiger partial charge in [0.25, 0.3) is 0 Å². The number of halogens is 1. The van der Waals surface area contributed by atoms with Gasteiger partial charge in [0.05, 0.1) is 22.5 Å². The number of aromatic hydroxyl groups is 1. The molecule has 0 spiro atoms. The quantitative estimate of drug-likeness (QED) is 0.377. The van der Waals surface area contributed by atoms with Crippen LogP contribution < -0.4 is 5.73 Å². The third-order valence-electron chi connectivity index (χ3n) is 5.00. The molecule has 156 valence electrons. The molecule has 0 bridgehead atoms. The molecule has 0 aliphatic carbocycles. The minimum atomic E-state index is -0.483. The molecule has 0 radical (unpaired) electrons. The van der Waals surface area contributed by atoms with Gasteiger partial charge in [-0.05, 0) is 29.8 Å². The molecular weight excluding hydrogens is 412 g/mol. The lowest BCUT2D eigenvalue weighted by Crippen LogP contribution is -2.31. The van der Waals surface area contributed by atoms with Gasteiger partial charge in [-0.2, -0.15) is 0 Å². The monoisotopic (exact) mass is 432 g/mol. The first-order chi connectivity index (χ1) is 14.9. The molecule has 4 rings (SSSR count). The van der Waals surface area contributed by atoms with Gasteiger partial charge in [0, 0.05) is 29.6 Å². The first-order valence-corrected chi connectivity index (χ1v) is 10.0. The number of fused-ring (bicyclic) bond motifs is 1. The number of benzene rings is 3. The van der Waals surface area contributed by atoms with Crippen molar-refractivity contribution >= 4 is 39.9 Å². The van der Waals surface area contributed by atoms with Crippen molar-refractivity contribution in [3.63, 3.8) is 0 Å². The van der Waals surface area contributed by atoms with Crippen LogP contribution in [0.5, 0.6) is 5.88 Å². The van der Waals surface area contributed by atoms with E-state index >= 15 is 0 Å². The number of hydrogen-bond donors (Lipinski definition) is 3. The van der Waals surface area contributed by atoms with Gasteiger partial charge in [-0.25, -0.2) is 9.79 Å². The normalized spacial score (nSPS) is 11.6. The number of nitrogens with one attached hydrogen (secondary N) is 1. The molecule has 0 aliphatic rings. The second-order valence-electron chi connectivity index (χ2n) is 7.23. The van der Waals surface area contributed by atoms with E-state index < -0.39 is 6.03 Å². The summed E-state index contributed by atoms with van der Waals surface area (Å²) in [6.45, 7) is 0.412. The highest BCUT2D eigenvalue weighted by Gasteiger charge is 2.18. The first-order valence-electron chi connectivity index (χ1n) is 9.66. The average molecular weight is 433 g/mol. The summed E-state index contributed by atoms with van der Waals surface area (Å²) in [5, 5.41) is 12.1. The van der Waals surface area contributed by atoms with E-state index in [1.165, 1.54) is 4.90 Å². The number of aliphatic imine (C=N–C) groups is 1. The third-order valence-corrected chi connectivity index (χ3v) is 5.23. The highest BCUT2D eigenvalue weighted by atomic mass is 35.5. The molecule has 31 heavy (non-hydrogen) atoms. The summed E-state index contributed by atoms with van der Waals surface area (Å²) in [5.74, 6) is 0.0274. The number of amides is 2. The minimum absolute atomic E-state index is 0.0274. The van der Waals surface area contributed by atoms with Crippen LogP contribution in [0.3, 0.4) is 0 Å². The fourth-order valence-electron chi connectivity index (χ4n) is 3.41. The first kappa shape index (κ1) is 20.5. The summed E-state index contributed by atoms with van der Waals surface area (Å²) in [6.07, 6.45) is 0. The topological polar surface area (TPSA) is 94.7 Å². The van der Waals surface area contributed by atoms with E-state index in [1.807, 2.05) is 60.7 Å². The van der Waals surface area contributed by atoms with Crippen molar-refractivity contribution in [2.45, 2.75) is 6.54 Å². The fourth-order valence-corrected chi connectivity index (χ4v) is 3.58. The second-order valence-corrected chi connectivity index (χ2v) is 7.66. The second kappa shape index (κ2) is 8.53. The highest BCUT2D eigenvalue weighted by Crippen LogP contribution is 2.32. The number of urea groups is 1. The van der Waals surface area contributed by atoms with Crippen LogP contribution in [-0.2, 0) is 6.54 Å². The Morgan fingerprint density at radius 2 is 1.81 bits per heavy atom. The van der Waals surface area contributed by atoms with Gasteiger partial charge in [0.2, 0.25) is 0 Å². The van der Waals surface area contributed by atoms with Crippen LogP contribution in [0.25, 0.3) is 10.9 Å². The zero-order chi connectivity index (χ0) is 22.0. The number of carbonyl (C=O) groups excluding carboxylic acids is 1. The van der Waals surface area contributed by atoms with Crippen molar-refractivity contribution in [2.75, 3.05) is 7.05 Å². The predicted octanol–water partition coefficient (Wildman–Crippen LogP) is 5.21. The van der Waals surface area contributed by atoms with Crippen molar-refractivity contribution in [1.82, 2.24) is 9.88 Å². The number of carbonyl (C=O) groups is 1.